The number of carbonyl (C=O) groups excluding carboxylic acids is 1. The Balaban J connectivity index is 2.15. The molecule has 0 aliphatic heterocycles. The van der Waals surface area contributed by atoms with Crippen LogP contribution in [0.5, 0.6) is 0 Å². The fraction of sp³-hybridized carbons (Fsp3) is 0.200. The number of nitrogens with one attached hydrogen (secondary N) is 1. The van der Waals surface area contributed by atoms with Gasteiger partial charge in [0.1, 0.15) is 5.82 Å². The van der Waals surface area contributed by atoms with Crippen molar-refractivity contribution >= 4 is 5.91 Å². The molecule has 0 saturated carbocycles. The van der Waals surface area contributed by atoms with E-state index in [4.69, 9.17) is 10.3 Å². The Morgan fingerprint density at radius 1 is 1.48 bits per heavy atom. The van der Waals surface area contributed by atoms with Crippen LogP contribution in [0.3, 0.4) is 0 Å². The van der Waals surface area contributed by atoms with Gasteiger partial charge >= 0.3 is 0 Å². The molecule has 3 N–H and O–H groups in total. The number of hydrogen-bond acceptors (Lipinski definition) is 4. The zero-order valence-corrected chi connectivity index (χ0v) is 11.4. The first-order valence-electron chi connectivity index (χ1n) is 6.29. The third-order valence-electron chi connectivity index (χ3n) is 2.65. The largest absolute Gasteiger partial charge is 0.359 e. The molecule has 0 fully saturated rings. The van der Waals surface area contributed by atoms with Crippen molar-refractivity contribution in [3.63, 3.8) is 0 Å². The van der Waals surface area contributed by atoms with E-state index in [-0.39, 0.29) is 18.7 Å². The van der Waals surface area contributed by atoms with Gasteiger partial charge in [-0.05, 0) is 25.1 Å². The van der Waals surface area contributed by atoms with Crippen molar-refractivity contribution in [3.05, 3.63) is 52.7 Å². The van der Waals surface area contributed by atoms with Gasteiger partial charge < -0.3 is 15.6 Å². The van der Waals surface area contributed by atoms with Gasteiger partial charge in [-0.1, -0.05) is 17.0 Å². The van der Waals surface area contributed by atoms with E-state index in [1.54, 1.807) is 13.0 Å². The maximum Gasteiger partial charge on any atom is 0.253 e. The van der Waals surface area contributed by atoms with Crippen LogP contribution in [-0.2, 0) is 6.54 Å². The number of aryl methyl sites for hydroxylation is 1. The van der Waals surface area contributed by atoms with Crippen LogP contribution in [0.25, 0.3) is 0 Å². The maximum atomic E-state index is 13.3. The molecule has 0 radical (unpaired) electrons. The first kappa shape index (κ1) is 14.8. The van der Waals surface area contributed by atoms with Crippen molar-refractivity contribution in [3.8, 4) is 11.8 Å². The number of benzene rings is 1. The van der Waals surface area contributed by atoms with Gasteiger partial charge in [-0.2, -0.15) is 0 Å². The minimum Gasteiger partial charge on any atom is -0.359 e. The highest BCUT2D eigenvalue weighted by Gasteiger charge is 2.12. The summed E-state index contributed by atoms with van der Waals surface area (Å²) >= 11 is 0. The van der Waals surface area contributed by atoms with Crippen molar-refractivity contribution < 1.29 is 13.7 Å². The highest BCUT2D eigenvalue weighted by Crippen LogP contribution is 2.11. The summed E-state index contributed by atoms with van der Waals surface area (Å²) in [5, 5.41) is 6.35. The quantitative estimate of drug-likeness (QED) is 0.835. The van der Waals surface area contributed by atoms with Crippen LogP contribution < -0.4 is 11.1 Å². The van der Waals surface area contributed by atoms with Crippen molar-refractivity contribution in [1.29, 1.82) is 0 Å². The van der Waals surface area contributed by atoms with Crippen LogP contribution in [0.15, 0.2) is 28.8 Å². The Morgan fingerprint density at radius 2 is 2.29 bits per heavy atom. The van der Waals surface area contributed by atoms with Gasteiger partial charge in [0.25, 0.3) is 5.91 Å². The topological polar surface area (TPSA) is 81.2 Å². The summed E-state index contributed by atoms with van der Waals surface area (Å²) in [6.07, 6.45) is 0. The smallest absolute Gasteiger partial charge is 0.253 e. The molecule has 0 unspecified atom stereocenters. The lowest BCUT2D eigenvalue weighted by molar-refractivity contribution is 0.0946. The normalized spacial score (nSPS) is 9.86. The van der Waals surface area contributed by atoms with Gasteiger partial charge in [0.05, 0.1) is 24.3 Å². The van der Waals surface area contributed by atoms with Crippen LogP contribution in [0.4, 0.5) is 4.39 Å². The van der Waals surface area contributed by atoms with Crippen LogP contribution in [0.2, 0.25) is 0 Å². The van der Waals surface area contributed by atoms with Gasteiger partial charge in [0.2, 0.25) is 0 Å². The van der Waals surface area contributed by atoms with Gasteiger partial charge in [-0.15, -0.1) is 0 Å². The molecule has 1 aromatic heterocycles. The third kappa shape index (κ3) is 3.91. The van der Waals surface area contributed by atoms with Crippen molar-refractivity contribution in [2.75, 3.05) is 6.54 Å². The number of halogens is 1. The molecule has 2 aromatic rings. The molecule has 0 atom stereocenters. The Bertz CT molecular complexity index is 713. The standard InChI is InChI=1S/C15H14FN3O2/c1-10-7-13(21-19-10)9-18-15(20)14-8-12(16)5-4-11(14)3-2-6-17/h4-5,7-8H,6,9,17H2,1H3,(H,18,20). The number of aromatic nitrogens is 1. The number of nitrogens with two attached hydrogens (primary N) is 1. The Hall–Kier alpha value is -2.65. The summed E-state index contributed by atoms with van der Waals surface area (Å²) in [6.45, 7) is 2.11. The summed E-state index contributed by atoms with van der Waals surface area (Å²) in [7, 11) is 0. The van der Waals surface area contributed by atoms with Crippen LogP contribution >= 0.6 is 0 Å². The molecule has 1 aromatic carbocycles. The Morgan fingerprint density at radius 3 is 2.95 bits per heavy atom. The van der Waals surface area contributed by atoms with Crippen LogP contribution in [0.1, 0.15) is 27.4 Å². The van der Waals surface area contributed by atoms with E-state index in [9.17, 15) is 9.18 Å². The van der Waals surface area contributed by atoms with E-state index in [1.807, 2.05) is 0 Å². The van der Waals surface area contributed by atoms with E-state index in [1.165, 1.54) is 12.1 Å². The van der Waals surface area contributed by atoms with E-state index in [0.29, 0.717) is 11.3 Å². The molecular formula is C15H14FN3O2. The zero-order chi connectivity index (χ0) is 15.2. The second-order valence-corrected chi connectivity index (χ2v) is 4.31. The summed E-state index contributed by atoms with van der Waals surface area (Å²) < 4.78 is 18.3. The number of amides is 1. The lowest BCUT2D eigenvalue weighted by Gasteiger charge is -2.05. The molecule has 0 saturated heterocycles. The van der Waals surface area contributed by atoms with Crippen molar-refractivity contribution in [1.82, 2.24) is 10.5 Å². The van der Waals surface area contributed by atoms with Gasteiger partial charge in [-0.3, -0.25) is 4.79 Å². The second-order valence-electron chi connectivity index (χ2n) is 4.31. The Kier molecular flexibility index (Phi) is 4.69. The fourth-order valence-electron chi connectivity index (χ4n) is 1.72. The summed E-state index contributed by atoms with van der Waals surface area (Å²) in [6, 6.07) is 5.55. The molecule has 0 spiro atoms. The van der Waals surface area contributed by atoms with E-state index in [2.05, 4.69) is 22.3 Å². The average molecular weight is 287 g/mol. The molecule has 0 aliphatic carbocycles. The molecule has 6 heteroatoms. The monoisotopic (exact) mass is 287 g/mol. The molecule has 1 heterocycles. The third-order valence-corrected chi connectivity index (χ3v) is 2.65. The minimum absolute atomic E-state index is 0.159. The lowest BCUT2D eigenvalue weighted by Crippen LogP contribution is -2.23. The van der Waals surface area contributed by atoms with Crippen molar-refractivity contribution in [2.45, 2.75) is 13.5 Å². The summed E-state index contributed by atoms with van der Waals surface area (Å²) in [5.41, 5.74) is 6.61. The average Bonchev–Trinajstić information content (AvgIpc) is 2.89. The zero-order valence-electron chi connectivity index (χ0n) is 11.4. The molecule has 0 bridgehead atoms. The molecule has 1 amide bonds. The highest BCUT2D eigenvalue weighted by molar-refractivity contribution is 5.96. The number of carbonyl (C=O) groups is 1. The summed E-state index contributed by atoms with van der Waals surface area (Å²) in [4.78, 5) is 12.1. The molecule has 0 aliphatic rings. The van der Waals surface area contributed by atoms with Crippen molar-refractivity contribution in [2.24, 2.45) is 5.73 Å². The van der Waals surface area contributed by atoms with E-state index < -0.39 is 11.7 Å². The number of hydrogen-bond donors (Lipinski definition) is 2. The minimum atomic E-state index is -0.506. The van der Waals surface area contributed by atoms with Crippen LogP contribution in [0, 0.1) is 24.6 Å². The highest BCUT2D eigenvalue weighted by atomic mass is 19.1. The van der Waals surface area contributed by atoms with Crippen LogP contribution in [-0.4, -0.2) is 17.6 Å². The van der Waals surface area contributed by atoms with Gasteiger partial charge in [-0.25, -0.2) is 4.39 Å². The van der Waals surface area contributed by atoms with Gasteiger partial charge in [0, 0.05) is 11.6 Å². The second kappa shape index (κ2) is 6.68. The van der Waals surface area contributed by atoms with Gasteiger partial charge in [0.15, 0.2) is 5.76 Å². The predicted molar refractivity (Wildman–Crippen MR) is 74.7 cm³/mol. The van der Waals surface area contributed by atoms with E-state index in [0.717, 1.165) is 11.8 Å². The first-order valence-corrected chi connectivity index (χ1v) is 6.29. The number of rotatable bonds is 3. The molecular weight excluding hydrogens is 273 g/mol. The molecule has 21 heavy (non-hydrogen) atoms. The lowest BCUT2D eigenvalue weighted by atomic mass is 10.1. The summed E-state index contributed by atoms with van der Waals surface area (Å²) in [5.74, 6) is 4.96. The fourth-order valence-corrected chi connectivity index (χ4v) is 1.72. The SMILES string of the molecule is Cc1cc(CNC(=O)c2cc(F)ccc2C#CCN)on1. The maximum absolute atomic E-state index is 13.3. The molecule has 2 rings (SSSR count). The number of nitrogens with zero attached hydrogens (tertiary/aromatic N) is 1. The van der Waals surface area contributed by atoms with E-state index >= 15 is 0 Å². The predicted octanol–water partition coefficient (Wildman–Crippen LogP) is 1.36. The first-order chi connectivity index (χ1) is 10.1. The Labute approximate surface area is 121 Å². The molecule has 5 nitrogen and oxygen atoms in total. The molecule has 108 valence electrons.